The first kappa shape index (κ1) is 19.4. The Morgan fingerprint density at radius 3 is 2.71 bits per heavy atom. The molecule has 0 radical (unpaired) electrons. The summed E-state index contributed by atoms with van der Waals surface area (Å²) in [5.41, 5.74) is 3.45. The molecular formula is C24H31NO3. The van der Waals surface area contributed by atoms with Gasteiger partial charge in [0, 0.05) is 24.7 Å². The number of fused-ring (bicyclic) bond motifs is 1. The number of aliphatic hydroxyl groups is 1. The molecule has 4 rings (SSSR count). The number of hydrogen-bond donors (Lipinski definition) is 1. The van der Waals surface area contributed by atoms with Gasteiger partial charge in [-0.1, -0.05) is 43.3 Å². The summed E-state index contributed by atoms with van der Waals surface area (Å²) in [7, 11) is 0. The first-order chi connectivity index (χ1) is 13.5. The third-order valence-corrected chi connectivity index (χ3v) is 6.22. The van der Waals surface area contributed by atoms with E-state index in [1.807, 2.05) is 36.4 Å². The summed E-state index contributed by atoms with van der Waals surface area (Å²) in [4.78, 5) is 2.33. The van der Waals surface area contributed by atoms with Gasteiger partial charge in [0.1, 0.15) is 11.9 Å². The second-order valence-corrected chi connectivity index (χ2v) is 8.41. The van der Waals surface area contributed by atoms with Crippen molar-refractivity contribution in [2.24, 2.45) is 0 Å². The number of rotatable bonds is 5. The van der Waals surface area contributed by atoms with Crippen molar-refractivity contribution in [3.8, 4) is 5.75 Å². The molecule has 4 heteroatoms. The predicted molar refractivity (Wildman–Crippen MR) is 111 cm³/mol. The summed E-state index contributed by atoms with van der Waals surface area (Å²) in [6.45, 7) is 8.69. The molecule has 2 aliphatic rings. The highest BCUT2D eigenvalue weighted by atomic mass is 16.7. The minimum atomic E-state index is -1.54. The van der Waals surface area contributed by atoms with E-state index in [2.05, 4.69) is 37.8 Å². The summed E-state index contributed by atoms with van der Waals surface area (Å²) < 4.78 is 12.4. The SMILES string of the molecule is CC1CCc2ccc(OC(O)(c3ccccc3)C3CN(C(C)C)CCO3)cc21. The molecule has 2 aromatic rings. The smallest absolute Gasteiger partial charge is 0.262 e. The molecule has 2 aromatic carbocycles. The Labute approximate surface area is 168 Å². The molecule has 1 N–H and O–H groups in total. The highest BCUT2D eigenvalue weighted by molar-refractivity contribution is 5.41. The van der Waals surface area contributed by atoms with Gasteiger partial charge in [-0.2, -0.15) is 0 Å². The highest BCUT2D eigenvalue weighted by Gasteiger charge is 2.45. The first-order valence-electron chi connectivity index (χ1n) is 10.4. The molecule has 0 saturated carbocycles. The monoisotopic (exact) mass is 381 g/mol. The van der Waals surface area contributed by atoms with Crippen molar-refractivity contribution in [3.05, 3.63) is 65.2 Å². The molecule has 0 spiro atoms. The van der Waals surface area contributed by atoms with Gasteiger partial charge in [-0.05, 0) is 55.9 Å². The molecule has 0 bridgehead atoms. The lowest BCUT2D eigenvalue weighted by atomic mass is 9.97. The van der Waals surface area contributed by atoms with Crippen molar-refractivity contribution < 1.29 is 14.6 Å². The van der Waals surface area contributed by atoms with E-state index >= 15 is 0 Å². The summed E-state index contributed by atoms with van der Waals surface area (Å²) in [6.07, 6.45) is 1.84. The normalized spacial score (nSPS) is 24.8. The molecular weight excluding hydrogens is 350 g/mol. The van der Waals surface area contributed by atoms with Gasteiger partial charge < -0.3 is 14.6 Å². The average Bonchev–Trinajstić information content (AvgIpc) is 3.09. The number of nitrogens with zero attached hydrogens (tertiary/aromatic N) is 1. The zero-order valence-corrected chi connectivity index (χ0v) is 17.1. The van der Waals surface area contributed by atoms with Gasteiger partial charge in [-0.15, -0.1) is 0 Å². The summed E-state index contributed by atoms with van der Waals surface area (Å²) in [5.74, 6) is -0.305. The molecule has 28 heavy (non-hydrogen) atoms. The highest BCUT2D eigenvalue weighted by Crippen LogP contribution is 2.38. The zero-order valence-electron chi connectivity index (χ0n) is 17.1. The summed E-state index contributed by atoms with van der Waals surface area (Å²) in [6, 6.07) is 16.2. The Morgan fingerprint density at radius 2 is 1.96 bits per heavy atom. The van der Waals surface area contributed by atoms with Crippen LogP contribution in [0.2, 0.25) is 0 Å². The van der Waals surface area contributed by atoms with Crippen LogP contribution in [0.1, 0.15) is 49.8 Å². The number of hydrogen-bond acceptors (Lipinski definition) is 4. The van der Waals surface area contributed by atoms with E-state index in [1.165, 1.54) is 17.5 Å². The van der Waals surface area contributed by atoms with Crippen molar-refractivity contribution in [2.75, 3.05) is 19.7 Å². The van der Waals surface area contributed by atoms with Gasteiger partial charge in [0.15, 0.2) is 0 Å². The topological polar surface area (TPSA) is 41.9 Å². The van der Waals surface area contributed by atoms with Crippen LogP contribution in [0.5, 0.6) is 5.75 Å². The third kappa shape index (κ3) is 3.69. The van der Waals surface area contributed by atoms with Crippen LogP contribution in [0.4, 0.5) is 0 Å². The van der Waals surface area contributed by atoms with Gasteiger partial charge in [-0.3, -0.25) is 4.90 Å². The largest absolute Gasteiger partial charge is 0.455 e. The van der Waals surface area contributed by atoms with E-state index in [9.17, 15) is 5.11 Å². The van der Waals surface area contributed by atoms with E-state index in [0.29, 0.717) is 30.9 Å². The number of ether oxygens (including phenoxy) is 2. The number of aryl methyl sites for hydroxylation is 1. The molecule has 1 aliphatic carbocycles. The van der Waals surface area contributed by atoms with Crippen LogP contribution in [0, 0.1) is 0 Å². The Kier molecular flexibility index (Phi) is 5.46. The fourth-order valence-electron chi connectivity index (χ4n) is 4.39. The zero-order chi connectivity index (χ0) is 19.7. The van der Waals surface area contributed by atoms with E-state index in [0.717, 1.165) is 18.5 Å². The molecule has 1 heterocycles. The van der Waals surface area contributed by atoms with Crippen LogP contribution in [0.25, 0.3) is 0 Å². The summed E-state index contributed by atoms with van der Waals surface area (Å²) in [5, 5.41) is 11.8. The van der Waals surface area contributed by atoms with Gasteiger partial charge in [0.05, 0.1) is 6.61 Å². The average molecular weight is 382 g/mol. The van der Waals surface area contributed by atoms with Crippen LogP contribution in [-0.2, 0) is 16.9 Å². The van der Waals surface area contributed by atoms with Crippen molar-refractivity contribution in [1.82, 2.24) is 4.90 Å². The molecule has 3 unspecified atom stereocenters. The van der Waals surface area contributed by atoms with Gasteiger partial charge >= 0.3 is 0 Å². The molecule has 4 nitrogen and oxygen atoms in total. The molecule has 1 fully saturated rings. The molecule has 0 aromatic heterocycles. The molecule has 1 saturated heterocycles. The quantitative estimate of drug-likeness (QED) is 0.793. The minimum absolute atomic E-state index is 0.396. The third-order valence-electron chi connectivity index (χ3n) is 6.22. The Hall–Kier alpha value is -1.88. The predicted octanol–water partition coefficient (Wildman–Crippen LogP) is 4.07. The molecule has 150 valence electrons. The fourth-order valence-corrected chi connectivity index (χ4v) is 4.39. The Bertz CT molecular complexity index is 807. The maximum Gasteiger partial charge on any atom is 0.262 e. The van der Waals surface area contributed by atoms with E-state index in [-0.39, 0.29) is 0 Å². The van der Waals surface area contributed by atoms with Crippen molar-refractivity contribution in [2.45, 2.75) is 57.5 Å². The molecule has 0 amide bonds. The Morgan fingerprint density at radius 1 is 1.18 bits per heavy atom. The van der Waals surface area contributed by atoms with Crippen molar-refractivity contribution >= 4 is 0 Å². The van der Waals surface area contributed by atoms with Gasteiger partial charge in [-0.25, -0.2) is 0 Å². The Balaban J connectivity index is 1.67. The maximum atomic E-state index is 11.8. The van der Waals surface area contributed by atoms with Crippen LogP contribution >= 0.6 is 0 Å². The lowest BCUT2D eigenvalue weighted by Gasteiger charge is -2.43. The molecule has 1 aliphatic heterocycles. The molecule has 3 atom stereocenters. The maximum absolute atomic E-state index is 11.8. The first-order valence-corrected chi connectivity index (χ1v) is 10.4. The van der Waals surface area contributed by atoms with E-state index < -0.39 is 11.9 Å². The van der Waals surface area contributed by atoms with Crippen molar-refractivity contribution in [3.63, 3.8) is 0 Å². The lowest BCUT2D eigenvalue weighted by molar-refractivity contribution is -0.247. The second-order valence-electron chi connectivity index (χ2n) is 8.41. The summed E-state index contributed by atoms with van der Waals surface area (Å²) >= 11 is 0. The second kappa shape index (κ2) is 7.86. The van der Waals surface area contributed by atoms with E-state index in [4.69, 9.17) is 9.47 Å². The number of benzene rings is 2. The minimum Gasteiger partial charge on any atom is -0.455 e. The van der Waals surface area contributed by atoms with Gasteiger partial charge in [0.2, 0.25) is 0 Å². The lowest BCUT2D eigenvalue weighted by Crippen LogP contribution is -2.56. The van der Waals surface area contributed by atoms with Crippen LogP contribution in [0.3, 0.4) is 0 Å². The fraction of sp³-hybridized carbons (Fsp3) is 0.500. The van der Waals surface area contributed by atoms with Crippen molar-refractivity contribution in [1.29, 1.82) is 0 Å². The van der Waals surface area contributed by atoms with Crippen LogP contribution in [0.15, 0.2) is 48.5 Å². The van der Waals surface area contributed by atoms with Crippen LogP contribution < -0.4 is 4.74 Å². The number of morpholine rings is 1. The van der Waals surface area contributed by atoms with Crippen LogP contribution in [-0.4, -0.2) is 41.8 Å². The van der Waals surface area contributed by atoms with E-state index in [1.54, 1.807) is 0 Å². The van der Waals surface area contributed by atoms with Gasteiger partial charge in [0.25, 0.3) is 5.79 Å². The standard InChI is InChI=1S/C24H31NO3/c1-17(2)25-13-14-27-23(16-25)24(26,20-7-5-4-6-8-20)28-21-12-11-19-10-9-18(3)22(19)15-21/h4-8,11-12,15,17-18,23,26H,9-10,13-14,16H2,1-3H3.